The Morgan fingerprint density at radius 3 is 2.60 bits per heavy atom. The van der Waals surface area contributed by atoms with Gasteiger partial charge < -0.3 is 5.73 Å². The fourth-order valence-electron chi connectivity index (χ4n) is 1.27. The summed E-state index contributed by atoms with van der Waals surface area (Å²) in [6.45, 7) is 1.28. The number of benzene rings is 1. The zero-order valence-electron chi connectivity index (χ0n) is 8.37. The number of alkyl halides is 2. The second-order valence-electron chi connectivity index (χ2n) is 3.75. The van der Waals surface area contributed by atoms with Crippen molar-refractivity contribution in [3.05, 3.63) is 35.4 Å². The Balaban J connectivity index is 2.95. The number of nitrogens with zero attached hydrogens (tertiary/aromatic N) is 1. The van der Waals surface area contributed by atoms with Gasteiger partial charge in [0, 0.05) is 0 Å². The van der Waals surface area contributed by atoms with Gasteiger partial charge in [-0.25, -0.2) is 8.78 Å². The van der Waals surface area contributed by atoms with Crippen LogP contribution in [0.2, 0.25) is 0 Å². The maximum absolute atomic E-state index is 12.5. The van der Waals surface area contributed by atoms with E-state index in [4.69, 9.17) is 11.0 Å². The first kappa shape index (κ1) is 11.6. The van der Waals surface area contributed by atoms with Gasteiger partial charge in [-0.05, 0) is 25.0 Å². The Kier molecular flexibility index (Phi) is 3.38. The van der Waals surface area contributed by atoms with Gasteiger partial charge in [0.15, 0.2) is 0 Å². The molecule has 2 nitrogen and oxygen atoms in total. The van der Waals surface area contributed by atoms with Crippen molar-refractivity contribution in [2.24, 2.45) is 5.73 Å². The Bertz CT molecular complexity index is 380. The summed E-state index contributed by atoms with van der Waals surface area (Å²) in [4.78, 5) is 0. The lowest BCUT2D eigenvalue weighted by Crippen LogP contribution is -2.46. The Morgan fingerprint density at radius 1 is 1.47 bits per heavy atom. The van der Waals surface area contributed by atoms with Crippen LogP contribution in [0.25, 0.3) is 0 Å². The molecule has 0 aliphatic heterocycles. The van der Waals surface area contributed by atoms with Crippen LogP contribution < -0.4 is 5.73 Å². The second-order valence-corrected chi connectivity index (χ2v) is 3.75. The maximum atomic E-state index is 12.5. The van der Waals surface area contributed by atoms with Crippen LogP contribution in [0.1, 0.15) is 18.1 Å². The van der Waals surface area contributed by atoms with Crippen molar-refractivity contribution >= 4 is 0 Å². The smallest absolute Gasteiger partial charge is 0.256 e. The van der Waals surface area contributed by atoms with E-state index in [2.05, 4.69) is 0 Å². The molecule has 1 rings (SSSR count). The van der Waals surface area contributed by atoms with Crippen LogP contribution in [0.3, 0.4) is 0 Å². The highest BCUT2D eigenvalue weighted by Crippen LogP contribution is 2.20. The van der Waals surface area contributed by atoms with Crippen LogP contribution in [0, 0.1) is 11.3 Å². The third-order valence-electron chi connectivity index (χ3n) is 2.21. The van der Waals surface area contributed by atoms with Crippen molar-refractivity contribution in [2.75, 3.05) is 0 Å². The van der Waals surface area contributed by atoms with E-state index in [0.717, 1.165) is 0 Å². The minimum atomic E-state index is -2.61. The van der Waals surface area contributed by atoms with Gasteiger partial charge in [-0.15, -0.1) is 0 Å². The molecule has 0 saturated carbocycles. The molecule has 0 fully saturated rings. The second kappa shape index (κ2) is 4.37. The number of hydrogen-bond donors (Lipinski definition) is 1. The first-order valence-corrected chi connectivity index (χ1v) is 4.52. The number of halogens is 2. The normalized spacial score (nSPS) is 14.7. The van der Waals surface area contributed by atoms with Crippen molar-refractivity contribution in [3.63, 3.8) is 0 Å². The largest absolute Gasteiger partial charge is 0.320 e. The molecule has 1 aromatic rings. The monoisotopic (exact) mass is 210 g/mol. The number of rotatable bonds is 3. The Morgan fingerprint density at radius 2 is 2.07 bits per heavy atom. The first-order valence-electron chi connectivity index (χ1n) is 4.52. The summed E-state index contributed by atoms with van der Waals surface area (Å²) in [5, 5.41) is 8.78. The van der Waals surface area contributed by atoms with E-state index in [1.807, 2.05) is 6.07 Å². The fraction of sp³-hybridized carbons (Fsp3) is 0.364. The van der Waals surface area contributed by atoms with E-state index >= 15 is 0 Å². The molecular formula is C11H12F2N2. The van der Waals surface area contributed by atoms with E-state index in [9.17, 15) is 8.78 Å². The van der Waals surface area contributed by atoms with E-state index in [0.29, 0.717) is 11.1 Å². The standard InChI is InChI=1S/C11H12F2N2/c1-11(15,10(12)13)6-8-4-2-3-5-9(8)7-14/h2-5,10H,6,15H2,1H3. The average Bonchev–Trinajstić information content (AvgIpc) is 2.18. The summed E-state index contributed by atoms with van der Waals surface area (Å²) < 4.78 is 25.1. The highest BCUT2D eigenvalue weighted by Gasteiger charge is 2.31. The summed E-state index contributed by atoms with van der Waals surface area (Å²) in [6.07, 6.45) is -2.61. The molecule has 4 heteroatoms. The van der Waals surface area contributed by atoms with Gasteiger partial charge in [-0.3, -0.25) is 0 Å². The topological polar surface area (TPSA) is 49.8 Å². The number of nitriles is 1. The number of nitrogens with two attached hydrogens (primary N) is 1. The van der Waals surface area contributed by atoms with Crippen LogP contribution in [0.15, 0.2) is 24.3 Å². The lowest BCUT2D eigenvalue weighted by molar-refractivity contribution is 0.0639. The highest BCUT2D eigenvalue weighted by atomic mass is 19.3. The average molecular weight is 210 g/mol. The van der Waals surface area contributed by atoms with Gasteiger partial charge in [-0.2, -0.15) is 5.26 Å². The third kappa shape index (κ3) is 2.74. The van der Waals surface area contributed by atoms with Crippen molar-refractivity contribution in [1.82, 2.24) is 0 Å². The van der Waals surface area contributed by atoms with Crippen LogP contribution >= 0.6 is 0 Å². The zero-order valence-corrected chi connectivity index (χ0v) is 8.37. The Hall–Kier alpha value is -1.47. The van der Waals surface area contributed by atoms with Crippen molar-refractivity contribution < 1.29 is 8.78 Å². The molecule has 1 unspecified atom stereocenters. The molecule has 1 atom stereocenters. The summed E-state index contributed by atoms with van der Waals surface area (Å²) in [6, 6.07) is 8.59. The fourth-order valence-corrected chi connectivity index (χ4v) is 1.27. The molecule has 0 spiro atoms. The maximum Gasteiger partial charge on any atom is 0.256 e. The van der Waals surface area contributed by atoms with Crippen LogP contribution in [0.4, 0.5) is 8.78 Å². The molecule has 0 aromatic heterocycles. The van der Waals surface area contributed by atoms with Crippen molar-refractivity contribution in [3.8, 4) is 6.07 Å². The van der Waals surface area contributed by atoms with E-state index in [1.54, 1.807) is 24.3 Å². The molecule has 0 amide bonds. The summed E-state index contributed by atoms with van der Waals surface area (Å²) in [5.74, 6) is 0. The van der Waals surface area contributed by atoms with Gasteiger partial charge >= 0.3 is 0 Å². The quantitative estimate of drug-likeness (QED) is 0.830. The zero-order chi connectivity index (χ0) is 11.5. The van der Waals surface area contributed by atoms with Gasteiger partial charge in [0.2, 0.25) is 0 Å². The molecule has 80 valence electrons. The molecule has 0 radical (unpaired) electrons. The molecule has 0 heterocycles. The van der Waals surface area contributed by atoms with E-state index < -0.39 is 12.0 Å². The third-order valence-corrected chi connectivity index (χ3v) is 2.21. The van der Waals surface area contributed by atoms with Crippen LogP contribution in [-0.2, 0) is 6.42 Å². The minimum absolute atomic E-state index is 0.00556. The van der Waals surface area contributed by atoms with Gasteiger partial charge in [0.05, 0.1) is 17.2 Å². The van der Waals surface area contributed by atoms with Crippen molar-refractivity contribution in [2.45, 2.75) is 25.3 Å². The van der Waals surface area contributed by atoms with Gasteiger partial charge in [0.25, 0.3) is 6.43 Å². The molecule has 15 heavy (non-hydrogen) atoms. The lowest BCUT2D eigenvalue weighted by Gasteiger charge is -2.23. The molecule has 0 aliphatic rings. The highest BCUT2D eigenvalue weighted by molar-refractivity contribution is 5.38. The minimum Gasteiger partial charge on any atom is -0.320 e. The van der Waals surface area contributed by atoms with E-state index in [-0.39, 0.29) is 6.42 Å². The summed E-state index contributed by atoms with van der Waals surface area (Å²) in [5.41, 5.74) is 4.82. The van der Waals surface area contributed by atoms with Gasteiger partial charge in [-0.1, -0.05) is 18.2 Å². The van der Waals surface area contributed by atoms with Crippen LogP contribution in [-0.4, -0.2) is 12.0 Å². The molecular weight excluding hydrogens is 198 g/mol. The molecule has 0 aliphatic carbocycles. The van der Waals surface area contributed by atoms with Gasteiger partial charge in [0.1, 0.15) is 0 Å². The SMILES string of the molecule is CC(N)(Cc1ccccc1C#N)C(F)F. The summed E-state index contributed by atoms with van der Waals surface area (Å²) in [7, 11) is 0. The lowest BCUT2D eigenvalue weighted by atomic mass is 9.92. The molecule has 2 N–H and O–H groups in total. The predicted molar refractivity (Wildman–Crippen MR) is 53.5 cm³/mol. The number of hydrogen-bond acceptors (Lipinski definition) is 2. The van der Waals surface area contributed by atoms with Crippen molar-refractivity contribution in [1.29, 1.82) is 5.26 Å². The van der Waals surface area contributed by atoms with E-state index in [1.165, 1.54) is 6.92 Å². The molecule has 1 aromatic carbocycles. The van der Waals surface area contributed by atoms with Crippen LogP contribution in [0.5, 0.6) is 0 Å². The first-order chi connectivity index (χ1) is 6.97. The summed E-state index contributed by atoms with van der Waals surface area (Å²) >= 11 is 0. The predicted octanol–water partition coefficient (Wildman–Crippen LogP) is 2.08. The molecule has 0 saturated heterocycles. The molecule has 0 bridgehead atoms. The Labute approximate surface area is 87.3 Å².